The predicted octanol–water partition coefficient (Wildman–Crippen LogP) is 14.6. The van der Waals surface area contributed by atoms with E-state index >= 15 is 0 Å². The van der Waals surface area contributed by atoms with Crippen LogP contribution in [0.25, 0.3) is 88.4 Å². The molecule has 52 heavy (non-hydrogen) atoms. The maximum absolute atomic E-state index is 7.06. The van der Waals surface area contributed by atoms with Crippen molar-refractivity contribution >= 4 is 72.5 Å². The van der Waals surface area contributed by atoms with Crippen LogP contribution in [0.2, 0.25) is 5.02 Å². The molecule has 4 heteroatoms. The van der Waals surface area contributed by atoms with Crippen molar-refractivity contribution in [2.24, 2.45) is 0 Å². The lowest BCUT2D eigenvalue weighted by atomic mass is 9.90. The number of halogens is 1. The molecule has 0 N–H and O–H groups in total. The van der Waals surface area contributed by atoms with Crippen molar-refractivity contribution in [2.75, 3.05) is 4.90 Å². The summed E-state index contributed by atoms with van der Waals surface area (Å²) in [6.45, 7) is 0. The summed E-state index contributed by atoms with van der Waals surface area (Å²) in [6.07, 6.45) is 0. The summed E-state index contributed by atoms with van der Waals surface area (Å²) in [5.41, 5.74) is 15.7. The van der Waals surface area contributed by atoms with Gasteiger partial charge in [0.05, 0.1) is 22.1 Å². The maximum atomic E-state index is 7.06. The third-order valence-corrected chi connectivity index (χ3v) is 10.8. The van der Waals surface area contributed by atoms with E-state index in [1.165, 1.54) is 0 Å². The van der Waals surface area contributed by atoms with Crippen molar-refractivity contribution in [3.05, 3.63) is 175 Å². The number of rotatable bonds is 3. The molecule has 0 unspecified atom stereocenters. The quantitative estimate of drug-likeness (QED) is 0.185. The fourth-order valence-corrected chi connectivity index (χ4v) is 8.45. The molecule has 8 aromatic carbocycles. The van der Waals surface area contributed by atoms with Crippen LogP contribution in [0.5, 0.6) is 0 Å². The zero-order chi connectivity index (χ0) is 34.3. The molecule has 0 fully saturated rings. The molecule has 0 saturated heterocycles. The maximum Gasteiger partial charge on any atom is 0.136 e. The molecule has 0 atom stereocenters. The standard InChI is InChI=1S/C48H28ClNO2/c49-39-17-5-6-18-42(39)50-40-25-23-29(31-15-9-21-45-47(31)35-13-3-7-19-43(35)51-45)27-37(40)33-11-1-2-12-34(33)38-28-30(24-26-41(38)50)32-16-10-22-46-48(32)36-14-4-8-20-44(36)52-46/h1-28H. The van der Waals surface area contributed by atoms with Crippen molar-refractivity contribution in [1.29, 1.82) is 0 Å². The molecule has 10 aromatic rings. The second-order valence-electron chi connectivity index (χ2n) is 13.4. The van der Waals surface area contributed by atoms with E-state index < -0.39 is 0 Å². The van der Waals surface area contributed by atoms with Gasteiger partial charge in [0.15, 0.2) is 0 Å². The Kier molecular flexibility index (Phi) is 6.31. The van der Waals surface area contributed by atoms with Crippen LogP contribution in [0.4, 0.5) is 17.1 Å². The number of benzene rings is 8. The van der Waals surface area contributed by atoms with Crippen molar-refractivity contribution in [3.8, 4) is 44.5 Å². The number of hydrogen-bond acceptors (Lipinski definition) is 3. The molecule has 0 bridgehead atoms. The molecule has 0 radical (unpaired) electrons. The molecule has 3 heterocycles. The van der Waals surface area contributed by atoms with Crippen LogP contribution in [0.15, 0.2) is 179 Å². The van der Waals surface area contributed by atoms with Crippen molar-refractivity contribution < 1.29 is 8.83 Å². The van der Waals surface area contributed by atoms with E-state index in [1.807, 2.05) is 36.4 Å². The summed E-state index contributed by atoms with van der Waals surface area (Å²) < 4.78 is 12.6. The Morgan fingerprint density at radius 3 is 1.33 bits per heavy atom. The average Bonchev–Trinajstić information content (AvgIpc) is 3.74. The van der Waals surface area contributed by atoms with Crippen LogP contribution in [0.1, 0.15) is 0 Å². The molecule has 0 spiro atoms. The Hall–Kier alpha value is -6.55. The highest BCUT2D eigenvalue weighted by molar-refractivity contribution is 6.33. The first-order valence-corrected chi connectivity index (χ1v) is 17.8. The number of furan rings is 2. The molecule has 2 aromatic heterocycles. The van der Waals surface area contributed by atoms with E-state index in [1.54, 1.807) is 0 Å². The molecule has 11 rings (SSSR count). The molecule has 1 aliphatic heterocycles. The van der Waals surface area contributed by atoms with Crippen LogP contribution in [-0.2, 0) is 0 Å². The summed E-state index contributed by atoms with van der Waals surface area (Å²) >= 11 is 7.06. The third kappa shape index (κ3) is 4.27. The average molecular weight is 686 g/mol. The number of nitrogens with zero attached hydrogens (tertiary/aromatic N) is 1. The van der Waals surface area contributed by atoms with Gasteiger partial charge in [-0.2, -0.15) is 0 Å². The first kappa shape index (κ1) is 29.2. The lowest BCUT2D eigenvalue weighted by Crippen LogP contribution is -2.11. The van der Waals surface area contributed by atoms with Gasteiger partial charge in [-0.25, -0.2) is 0 Å². The van der Waals surface area contributed by atoms with Gasteiger partial charge in [-0.05, 0) is 94.0 Å². The molecule has 0 amide bonds. The summed E-state index contributed by atoms with van der Waals surface area (Å²) in [7, 11) is 0. The van der Waals surface area contributed by atoms with E-state index in [-0.39, 0.29) is 0 Å². The van der Waals surface area contributed by atoms with E-state index in [0.29, 0.717) is 5.02 Å². The SMILES string of the molecule is Clc1ccccc1N1c2ccc(-c3cccc4oc5ccccc5c34)cc2-c2ccccc2-c2cc(-c3cccc4oc5ccccc5c34)ccc21. The predicted molar refractivity (Wildman–Crippen MR) is 216 cm³/mol. The Labute approximate surface area is 304 Å². The molecular formula is C48H28ClNO2. The topological polar surface area (TPSA) is 29.5 Å². The number of fused-ring (bicyclic) bond motifs is 11. The lowest BCUT2D eigenvalue weighted by molar-refractivity contribution is 0.668. The third-order valence-electron chi connectivity index (χ3n) is 10.5. The first-order chi connectivity index (χ1) is 25.7. The molecule has 0 aliphatic carbocycles. The van der Waals surface area contributed by atoms with Gasteiger partial charge in [-0.15, -0.1) is 0 Å². The monoisotopic (exact) mass is 685 g/mol. The second-order valence-corrected chi connectivity index (χ2v) is 13.8. The zero-order valence-corrected chi connectivity index (χ0v) is 28.6. The summed E-state index contributed by atoms with van der Waals surface area (Å²) in [5, 5.41) is 5.15. The highest BCUT2D eigenvalue weighted by atomic mass is 35.5. The summed E-state index contributed by atoms with van der Waals surface area (Å²) in [5.74, 6) is 0. The van der Waals surface area contributed by atoms with E-state index in [2.05, 4.69) is 138 Å². The van der Waals surface area contributed by atoms with Gasteiger partial charge >= 0.3 is 0 Å². The van der Waals surface area contributed by atoms with Crippen LogP contribution in [0, 0.1) is 0 Å². The van der Waals surface area contributed by atoms with Gasteiger partial charge in [0.25, 0.3) is 0 Å². The van der Waals surface area contributed by atoms with E-state index in [0.717, 1.165) is 105 Å². The molecule has 3 nitrogen and oxygen atoms in total. The van der Waals surface area contributed by atoms with Gasteiger partial charge in [-0.1, -0.05) is 121 Å². The van der Waals surface area contributed by atoms with Gasteiger partial charge in [-0.3, -0.25) is 0 Å². The van der Waals surface area contributed by atoms with Gasteiger partial charge in [0.2, 0.25) is 0 Å². The lowest BCUT2D eigenvalue weighted by Gasteiger charge is -2.28. The Balaban J connectivity index is 1.19. The number of hydrogen-bond donors (Lipinski definition) is 0. The molecule has 244 valence electrons. The van der Waals surface area contributed by atoms with Gasteiger partial charge in [0, 0.05) is 32.7 Å². The highest BCUT2D eigenvalue weighted by Gasteiger charge is 2.28. The first-order valence-electron chi connectivity index (χ1n) is 17.4. The van der Waals surface area contributed by atoms with Crippen LogP contribution in [0.3, 0.4) is 0 Å². The minimum absolute atomic E-state index is 0.683. The van der Waals surface area contributed by atoms with Gasteiger partial charge in [0.1, 0.15) is 22.3 Å². The normalized spacial score (nSPS) is 12.3. The number of para-hydroxylation sites is 3. The summed E-state index contributed by atoms with van der Waals surface area (Å²) in [4.78, 5) is 2.32. The van der Waals surface area contributed by atoms with Crippen molar-refractivity contribution in [1.82, 2.24) is 0 Å². The molecular weight excluding hydrogens is 658 g/mol. The Morgan fingerprint density at radius 2 is 0.788 bits per heavy atom. The Morgan fingerprint density at radius 1 is 0.346 bits per heavy atom. The van der Waals surface area contributed by atoms with Crippen molar-refractivity contribution in [3.63, 3.8) is 0 Å². The van der Waals surface area contributed by atoms with E-state index in [9.17, 15) is 0 Å². The Bertz CT molecular complexity index is 2870. The minimum atomic E-state index is 0.683. The smallest absolute Gasteiger partial charge is 0.136 e. The molecule has 0 saturated carbocycles. The van der Waals surface area contributed by atoms with Gasteiger partial charge < -0.3 is 13.7 Å². The fourth-order valence-electron chi connectivity index (χ4n) is 8.23. The van der Waals surface area contributed by atoms with Crippen molar-refractivity contribution in [2.45, 2.75) is 0 Å². The summed E-state index contributed by atoms with van der Waals surface area (Å²) in [6, 6.07) is 59.7. The second kappa shape index (κ2) is 11.2. The highest BCUT2D eigenvalue weighted by Crippen LogP contribution is 2.54. The van der Waals surface area contributed by atoms with E-state index in [4.69, 9.17) is 20.4 Å². The van der Waals surface area contributed by atoms with Crippen LogP contribution in [-0.4, -0.2) is 0 Å². The largest absolute Gasteiger partial charge is 0.456 e. The zero-order valence-electron chi connectivity index (χ0n) is 27.8. The fraction of sp³-hybridized carbons (Fsp3) is 0. The number of anilines is 3. The van der Waals surface area contributed by atoms with Crippen LogP contribution >= 0.6 is 11.6 Å². The molecule has 1 aliphatic rings. The minimum Gasteiger partial charge on any atom is -0.456 e. The van der Waals surface area contributed by atoms with Crippen LogP contribution < -0.4 is 4.90 Å².